The van der Waals surface area contributed by atoms with Crippen molar-refractivity contribution in [2.75, 3.05) is 25.0 Å². The lowest BCUT2D eigenvalue weighted by Crippen LogP contribution is -2.51. The Kier molecular flexibility index (Phi) is 7.99. The predicted octanol–water partition coefficient (Wildman–Crippen LogP) is 3.61. The van der Waals surface area contributed by atoms with Crippen LogP contribution in [0.25, 0.3) is 21.5 Å². The molecule has 3 heterocycles. The van der Waals surface area contributed by atoms with Gasteiger partial charge in [-0.05, 0) is 62.4 Å². The Morgan fingerprint density at radius 1 is 1.16 bits per heavy atom. The molecule has 3 atom stereocenters. The van der Waals surface area contributed by atoms with Gasteiger partial charge in [-0.1, -0.05) is 11.3 Å². The van der Waals surface area contributed by atoms with E-state index in [1.54, 1.807) is 6.92 Å². The standard InChI is InChI=1S/C29H27F4N5O5S/c1-14(39)11-35-26-37-19-8-5-16(9-20(19)44-26)24(40)36-12-28(42,29(31,32)33)21-10-18-23(43-13-27(18,2)25(34)41)22(38-21)15-3-6-17(30)7-4-15/h3-10,14,39,42H,11-13H2,1-2H3,(H2,34,41)(H,35,37)(H,36,40)/t14-,27-,28-/m0/s1. The number of ether oxygens (including phenoxy) is 1. The molecule has 0 fully saturated rings. The highest BCUT2D eigenvalue weighted by Crippen LogP contribution is 2.47. The van der Waals surface area contributed by atoms with E-state index >= 15 is 0 Å². The number of halogens is 4. The van der Waals surface area contributed by atoms with Gasteiger partial charge >= 0.3 is 6.18 Å². The van der Waals surface area contributed by atoms with Crippen LogP contribution in [0, 0.1) is 5.82 Å². The van der Waals surface area contributed by atoms with Crippen molar-refractivity contribution in [3.8, 4) is 17.0 Å². The quantitative estimate of drug-likeness (QED) is 0.175. The van der Waals surface area contributed by atoms with E-state index in [-0.39, 0.29) is 41.3 Å². The number of nitrogens with two attached hydrogens (primary N) is 1. The number of thiazole rings is 1. The number of hydrogen-bond donors (Lipinski definition) is 5. The number of aliphatic hydroxyl groups excluding tert-OH is 1. The van der Waals surface area contributed by atoms with Gasteiger partial charge < -0.3 is 31.3 Å². The molecule has 4 aromatic rings. The first-order chi connectivity index (χ1) is 20.6. The lowest BCUT2D eigenvalue weighted by atomic mass is 9.81. The maximum absolute atomic E-state index is 14.6. The summed E-state index contributed by atoms with van der Waals surface area (Å²) in [6.45, 7) is 1.59. The predicted molar refractivity (Wildman–Crippen MR) is 154 cm³/mol. The van der Waals surface area contributed by atoms with Gasteiger partial charge in [0.05, 0.1) is 28.6 Å². The number of pyridine rings is 1. The number of anilines is 1. The van der Waals surface area contributed by atoms with Crippen molar-refractivity contribution in [1.82, 2.24) is 15.3 Å². The molecule has 15 heteroatoms. The molecular weight excluding hydrogens is 606 g/mol. The molecule has 232 valence electrons. The summed E-state index contributed by atoms with van der Waals surface area (Å²) in [7, 11) is 0. The zero-order chi connectivity index (χ0) is 32.0. The van der Waals surface area contributed by atoms with E-state index < -0.39 is 53.2 Å². The fraction of sp³-hybridized carbons (Fsp3) is 0.310. The number of rotatable bonds is 9. The average molecular weight is 634 g/mol. The van der Waals surface area contributed by atoms with Gasteiger partial charge in [-0.2, -0.15) is 13.2 Å². The topological polar surface area (TPSA) is 160 Å². The number of benzene rings is 2. The summed E-state index contributed by atoms with van der Waals surface area (Å²) in [5, 5.41) is 26.2. The Hall–Kier alpha value is -4.34. The number of primary amides is 1. The van der Waals surface area contributed by atoms with Crippen molar-refractivity contribution >= 4 is 38.5 Å². The number of nitrogens with zero attached hydrogens (tertiary/aromatic N) is 2. The maximum Gasteiger partial charge on any atom is 0.424 e. The van der Waals surface area contributed by atoms with Gasteiger partial charge in [0.25, 0.3) is 5.91 Å². The van der Waals surface area contributed by atoms with E-state index in [0.29, 0.717) is 15.3 Å². The van der Waals surface area contributed by atoms with Crippen LogP contribution in [0.1, 0.15) is 35.5 Å². The molecule has 44 heavy (non-hydrogen) atoms. The van der Waals surface area contributed by atoms with Crippen LogP contribution >= 0.6 is 11.3 Å². The summed E-state index contributed by atoms with van der Waals surface area (Å²) in [6.07, 6.45) is -5.98. The van der Waals surface area contributed by atoms with Gasteiger partial charge in [-0.25, -0.2) is 14.4 Å². The summed E-state index contributed by atoms with van der Waals surface area (Å²) in [4.78, 5) is 33.8. The number of aromatic nitrogens is 2. The summed E-state index contributed by atoms with van der Waals surface area (Å²) in [5.74, 6) is -2.44. The van der Waals surface area contributed by atoms with E-state index in [1.807, 2.05) is 0 Å². The Morgan fingerprint density at radius 3 is 2.50 bits per heavy atom. The van der Waals surface area contributed by atoms with Crippen molar-refractivity contribution in [2.45, 2.75) is 37.1 Å². The number of alkyl halides is 3. The molecule has 1 aliphatic heterocycles. The second-order valence-electron chi connectivity index (χ2n) is 10.7. The highest BCUT2D eigenvalue weighted by molar-refractivity contribution is 7.22. The number of hydrogen-bond acceptors (Lipinski definition) is 9. The average Bonchev–Trinajstić information content (AvgIpc) is 3.55. The molecule has 0 aliphatic carbocycles. The minimum Gasteiger partial charge on any atom is -0.489 e. The number of carbonyl (C=O) groups is 2. The molecule has 10 nitrogen and oxygen atoms in total. The third-order valence-corrected chi connectivity index (χ3v) is 8.31. The zero-order valence-electron chi connectivity index (χ0n) is 23.3. The molecule has 2 amide bonds. The lowest BCUT2D eigenvalue weighted by molar-refractivity contribution is -0.265. The van der Waals surface area contributed by atoms with Crippen LogP contribution < -0.4 is 21.1 Å². The maximum atomic E-state index is 14.6. The van der Waals surface area contributed by atoms with E-state index in [2.05, 4.69) is 20.6 Å². The second kappa shape index (κ2) is 11.3. The number of fused-ring (bicyclic) bond motifs is 2. The zero-order valence-corrected chi connectivity index (χ0v) is 24.1. The van der Waals surface area contributed by atoms with Gasteiger partial charge in [0.1, 0.15) is 29.3 Å². The van der Waals surface area contributed by atoms with Crippen LogP contribution in [-0.4, -0.2) is 64.0 Å². The number of carbonyl (C=O) groups excluding carboxylic acids is 2. The smallest absolute Gasteiger partial charge is 0.424 e. The SMILES string of the molecule is C[C@H](O)CNc1nc2ccc(C(=O)NC[C@](O)(c3cc4c(c(-c5ccc(F)cc5)n3)OC[C@]4(C)C(N)=O)C(F)(F)F)cc2s1. The molecular formula is C29H27F4N5O5S. The monoisotopic (exact) mass is 633 g/mol. The van der Waals surface area contributed by atoms with Crippen LogP contribution in [0.3, 0.4) is 0 Å². The van der Waals surface area contributed by atoms with Crippen LogP contribution in [0.4, 0.5) is 22.7 Å². The van der Waals surface area contributed by atoms with Gasteiger partial charge in [-0.3, -0.25) is 9.59 Å². The molecule has 2 aromatic heterocycles. The lowest BCUT2D eigenvalue weighted by Gasteiger charge is -2.31. The first-order valence-electron chi connectivity index (χ1n) is 13.3. The highest BCUT2D eigenvalue weighted by Gasteiger charge is 2.57. The van der Waals surface area contributed by atoms with Crippen molar-refractivity contribution in [2.24, 2.45) is 5.73 Å². The summed E-state index contributed by atoms with van der Waals surface area (Å²) < 4.78 is 63.7. The molecule has 0 radical (unpaired) electrons. The van der Waals surface area contributed by atoms with Gasteiger partial charge in [0.15, 0.2) is 5.13 Å². The van der Waals surface area contributed by atoms with Gasteiger partial charge in [-0.15, -0.1) is 0 Å². The third kappa shape index (κ3) is 5.65. The van der Waals surface area contributed by atoms with Crippen molar-refractivity contribution in [3.63, 3.8) is 0 Å². The van der Waals surface area contributed by atoms with Gasteiger partial charge in [0.2, 0.25) is 11.5 Å². The normalized spacial score (nSPS) is 18.3. The Bertz CT molecular complexity index is 1750. The summed E-state index contributed by atoms with van der Waals surface area (Å²) >= 11 is 1.18. The second-order valence-corrected chi connectivity index (χ2v) is 11.7. The fourth-order valence-electron chi connectivity index (χ4n) is 4.63. The van der Waals surface area contributed by atoms with Crippen molar-refractivity contribution in [1.29, 1.82) is 0 Å². The molecule has 0 bridgehead atoms. The highest BCUT2D eigenvalue weighted by atomic mass is 32.1. The molecule has 2 aromatic carbocycles. The fourth-order valence-corrected chi connectivity index (χ4v) is 5.54. The van der Waals surface area contributed by atoms with E-state index in [9.17, 15) is 37.4 Å². The van der Waals surface area contributed by atoms with Crippen LogP contribution in [0.15, 0.2) is 48.5 Å². The van der Waals surface area contributed by atoms with E-state index in [4.69, 9.17) is 10.5 Å². The molecule has 1 aliphatic rings. The van der Waals surface area contributed by atoms with Crippen molar-refractivity contribution in [3.05, 3.63) is 71.2 Å². The first-order valence-corrected chi connectivity index (χ1v) is 14.1. The van der Waals surface area contributed by atoms with Crippen LogP contribution in [0.5, 0.6) is 5.75 Å². The number of amides is 2. The molecule has 0 unspecified atom stereocenters. The van der Waals surface area contributed by atoms with Gasteiger partial charge in [0, 0.05) is 23.2 Å². The molecule has 5 rings (SSSR count). The Labute approximate surface area is 251 Å². The molecule has 0 saturated carbocycles. The number of aliphatic hydroxyl groups is 2. The summed E-state index contributed by atoms with van der Waals surface area (Å²) in [6, 6.07) is 9.90. The van der Waals surface area contributed by atoms with Crippen LogP contribution in [-0.2, 0) is 15.8 Å². The first kappa shape index (κ1) is 31.1. The number of nitrogens with one attached hydrogen (secondary N) is 2. The summed E-state index contributed by atoms with van der Waals surface area (Å²) in [5.41, 5.74) is -0.142. The minimum atomic E-state index is -5.35. The largest absolute Gasteiger partial charge is 0.489 e. The Balaban J connectivity index is 1.51. The van der Waals surface area contributed by atoms with Crippen molar-refractivity contribution < 1.29 is 42.1 Å². The Morgan fingerprint density at radius 2 is 1.86 bits per heavy atom. The van der Waals surface area contributed by atoms with E-state index in [0.717, 1.165) is 18.2 Å². The third-order valence-electron chi connectivity index (χ3n) is 7.33. The molecule has 6 N–H and O–H groups in total. The minimum absolute atomic E-state index is 0.0105. The molecule has 0 spiro atoms. The van der Waals surface area contributed by atoms with Crippen LogP contribution in [0.2, 0.25) is 0 Å². The van der Waals surface area contributed by atoms with E-state index in [1.165, 1.54) is 48.6 Å². The molecule has 0 saturated heterocycles.